The fraction of sp³-hybridized carbons (Fsp3) is 0.433. The fourth-order valence-corrected chi connectivity index (χ4v) is 5.88. The molecule has 0 spiro atoms. The van der Waals surface area contributed by atoms with Gasteiger partial charge in [0.2, 0.25) is 5.82 Å². The van der Waals surface area contributed by atoms with Crippen LogP contribution >= 0.6 is 0 Å². The normalized spacial score (nSPS) is 16.8. The van der Waals surface area contributed by atoms with Crippen LogP contribution in [0.1, 0.15) is 87.7 Å². The Morgan fingerprint density at radius 2 is 1.82 bits per heavy atom. The number of hydrogen-bond acceptors (Lipinski definition) is 5. The van der Waals surface area contributed by atoms with Crippen molar-refractivity contribution in [1.82, 2.24) is 30.0 Å². The highest BCUT2D eigenvalue weighted by molar-refractivity contribution is 5.80. The van der Waals surface area contributed by atoms with Gasteiger partial charge in [0, 0.05) is 35.7 Å². The van der Waals surface area contributed by atoms with E-state index in [2.05, 4.69) is 63.4 Å². The number of aromatic nitrogens is 6. The maximum absolute atomic E-state index is 13.9. The molecule has 0 saturated heterocycles. The van der Waals surface area contributed by atoms with Crippen LogP contribution in [0.3, 0.4) is 0 Å². The Balaban J connectivity index is 1.46. The number of rotatable bonds is 11. The van der Waals surface area contributed by atoms with Crippen molar-refractivity contribution < 1.29 is 9.90 Å². The van der Waals surface area contributed by atoms with E-state index in [1.807, 2.05) is 28.9 Å². The molecule has 2 aromatic heterocycles. The first-order valence-corrected chi connectivity index (χ1v) is 14.0. The zero-order chi connectivity index (χ0) is 27.4. The number of H-pyrrole nitrogens is 1. The summed E-state index contributed by atoms with van der Waals surface area (Å²) >= 11 is 0. The van der Waals surface area contributed by atoms with Gasteiger partial charge in [0.25, 0.3) is 5.56 Å². The van der Waals surface area contributed by atoms with Crippen LogP contribution in [-0.4, -0.2) is 41.1 Å². The molecule has 2 N–H and O–H groups in total. The highest BCUT2D eigenvalue weighted by atomic mass is 16.4. The number of carbonyl (C=O) groups is 1. The number of aromatic amines is 1. The Bertz CT molecular complexity index is 1470. The number of carboxylic acids is 1. The summed E-state index contributed by atoms with van der Waals surface area (Å²) in [6.07, 6.45) is 6.87. The van der Waals surface area contributed by atoms with E-state index in [0.717, 1.165) is 65.6 Å². The van der Waals surface area contributed by atoms with E-state index in [0.29, 0.717) is 25.1 Å². The molecule has 0 radical (unpaired) electrons. The second kappa shape index (κ2) is 11.8. The summed E-state index contributed by atoms with van der Waals surface area (Å²) in [7, 11) is 0. The Hall–Kier alpha value is -4.01. The maximum Gasteiger partial charge on any atom is 0.303 e. The molecule has 0 amide bonds. The fourth-order valence-electron chi connectivity index (χ4n) is 5.88. The molecule has 2 unspecified atom stereocenters. The summed E-state index contributed by atoms with van der Waals surface area (Å²) in [4.78, 5) is 25.0. The smallest absolute Gasteiger partial charge is 0.303 e. The molecule has 1 aliphatic heterocycles. The zero-order valence-electron chi connectivity index (χ0n) is 22.6. The lowest BCUT2D eigenvalue weighted by molar-refractivity contribution is -0.137. The third-order valence-corrected chi connectivity index (χ3v) is 7.86. The Morgan fingerprint density at radius 3 is 2.51 bits per heavy atom. The highest BCUT2D eigenvalue weighted by Gasteiger charge is 2.31. The summed E-state index contributed by atoms with van der Waals surface area (Å²) in [5.74, 6) is -0.232. The van der Waals surface area contributed by atoms with E-state index < -0.39 is 5.97 Å². The van der Waals surface area contributed by atoms with E-state index in [1.54, 1.807) is 0 Å². The highest BCUT2D eigenvalue weighted by Crippen LogP contribution is 2.34. The summed E-state index contributed by atoms with van der Waals surface area (Å²) in [6.45, 7) is 4.37. The van der Waals surface area contributed by atoms with Gasteiger partial charge >= 0.3 is 5.97 Å². The number of carboxylic acid groups (broad SMARTS) is 1. The molecule has 5 rings (SSSR count). The van der Waals surface area contributed by atoms with Crippen molar-refractivity contribution in [2.75, 3.05) is 0 Å². The quantitative estimate of drug-likeness (QED) is 0.262. The second-order valence-corrected chi connectivity index (χ2v) is 10.5. The average molecular weight is 529 g/mol. The number of nitrogens with one attached hydrogen (secondary N) is 1. The molecule has 2 atom stereocenters. The molecule has 39 heavy (non-hydrogen) atoms. The lowest BCUT2D eigenvalue weighted by atomic mass is 9.96. The molecule has 4 aromatic rings. The van der Waals surface area contributed by atoms with Gasteiger partial charge in [0.1, 0.15) is 0 Å². The van der Waals surface area contributed by atoms with Gasteiger partial charge in [-0.25, -0.2) is 4.68 Å². The molecule has 9 nitrogen and oxygen atoms in total. The molecule has 0 bridgehead atoms. The molecule has 0 fully saturated rings. The minimum atomic E-state index is -0.783. The van der Waals surface area contributed by atoms with Crippen molar-refractivity contribution in [1.29, 1.82) is 0 Å². The number of aliphatic carboxylic acids is 1. The number of hydrogen-bond donors (Lipinski definition) is 2. The van der Waals surface area contributed by atoms with Gasteiger partial charge < -0.3 is 5.11 Å². The van der Waals surface area contributed by atoms with Crippen LogP contribution in [0.15, 0.2) is 53.3 Å². The molecule has 1 aliphatic rings. The first kappa shape index (κ1) is 26.6. The van der Waals surface area contributed by atoms with Gasteiger partial charge in [-0.1, -0.05) is 61.9 Å². The summed E-state index contributed by atoms with van der Waals surface area (Å²) < 4.78 is 4.21. The summed E-state index contributed by atoms with van der Waals surface area (Å²) in [5, 5.41) is 23.6. The van der Waals surface area contributed by atoms with E-state index >= 15 is 0 Å². The van der Waals surface area contributed by atoms with Gasteiger partial charge in [-0.05, 0) is 67.4 Å². The number of tetrazole rings is 1. The van der Waals surface area contributed by atoms with Crippen LogP contribution in [0.5, 0.6) is 0 Å². The van der Waals surface area contributed by atoms with Crippen molar-refractivity contribution in [2.45, 2.75) is 83.7 Å². The Morgan fingerprint density at radius 1 is 1.05 bits per heavy atom. The van der Waals surface area contributed by atoms with Crippen LogP contribution in [0.2, 0.25) is 0 Å². The zero-order valence-corrected chi connectivity index (χ0v) is 22.6. The number of benzene rings is 2. The lowest BCUT2D eigenvalue weighted by Gasteiger charge is -2.33. The van der Waals surface area contributed by atoms with Crippen LogP contribution in [-0.2, 0) is 17.6 Å². The molecule has 0 aliphatic carbocycles. The third kappa shape index (κ3) is 5.57. The number of fused-ring (bicyclic) bond motifs is 1. The molecule has 3 heterocycles. The van der Waals surface area contributed by atoms with Crippen molar-refractivity contribution in [2.24, 2.45) is 0 Å². The average Bonchev–Trinajstić information content (AvgIpc) is 3.57. The molecular weight excluding hydrogens is 492 g/mol. The van der Waals surface area contributed by atoms with E-state index in [9.17, 15) is 9.59 Å². The van der Waals surface area contributed by atoms with Crippen LogP contribution in [0.25, 0.3) is 22.5 Å². The van der Waals surface area contributed by atoms with E-state index in [1.165, 1.54) is 0 Å². The van der Waals surface area contributed by atoms with E-state index in [4.69, 9.17) is 5.11 Å². The summed E-state index contributed by atoms with van der Waals surface area (Å²) in [5.41, 5.74) is 6.16. The molecule has 9 heteroatoms. The Labute approximate surface area is 227 Å². The molecule has 0 saturated carbocycles. The van der Waals surface area contributed by atoms with Crippen LogP contribution in [0, 0.1) is 0 Å². The largest absolute Gasteiger partial charge is 0.481 e. The molecular formula is C30H36N6O3. The lowest BCUT2D eigenvalue weighted by Crippen LogP contribution is -2.34. The van der Waals surface area contributed by atoms with Gasteiger partial charge in [0.15, 0.2) is 0 Å². The van der Waals surface area contributed by atoms with E-state index in [-0.39, 0.29) is 24.1 Å². The van der Waals surface area contributed by atoms with Gasteiger partial charge in [-0.3, -0.25) is 14.3 Å². The Kier molecular flexibility index (Phi) is 8.05. The second-order valence-electron chi connectivity index (χ2n) is 10.5. The predicted molar refractivity (Wildman–Crippen MR) is 150 cm³/mol. The molecule has 204 valence electrons. The van der Waals surface area contributed by atoms with Gasteiger partial charge in [-0.2, -0.15) is 5.21 Å². The van der Waals surface area contributed by atoms with Crippen molar-refractivity contribution in [3.63, 3.8) is 0 Å². The number of unbranched alkanes of at least 4 members (excludes halogenated alkanes) is 1. The standard InChI is InChI=1S/C30H36N6O3/c1-3-4-11-27-26(30(39)36-23(8-7-12-28(37)38)18-13-20(2)35(27)36)19-21-14-16-22(17-15-21)24-9-5-6-10-25(24)29-31-33-34-32-29/h5-6,9-10,14-17,20,23H,3-4,7-8,11-13,18-19H2,1-2H3,(H,37,38)(H,31,32,33,34). The van der Waals surface area contributed by atoms with Gasteiger partial charge in [0.05, 0.1) is 6.04 Å². The van der Waals surface area contributed by atoms with Crippen molar-refractivity contribution in [3.8, 4) is 22.5 Å². The monoisotopic (exact) mass is 528 g/mol. The third-order valence-electron chi connectivity index (χ3n) is 7.86. The van der Waals surface area contributed by atoms with Crippen molar-refractivity contribution in [3.05, 3.63) is 75.7 Å². The minimum absolute atomic E-state index is 0.0474. The minimum Gasteiger partial charge on any atom is -0.481 e. The first-order chi connectivity index (χ1) is 19.0. The van der Waals surface area contributed by atoms with Crippen LogP contribution < -0.4 is 5.56 Å². The maximum atomic E-state index is 13.9. The van der Waals surface area contributed by atoms with Crippen LogP contribution in [0.4, 0.5) is 0 Å². The van der Waals surface area contributed by atoms with Crippen molar-refractivity contribution >= 4 is 5.97 Å². The number of nitrogens with zero attached hydrogens (tertiary/aromatic N) is 5. The topological polar surface area (TPSA) is 119 Å². The molecule has 2 aromatic carbocycles. The predicted octanol–water partition coefficient (Wildman–Crippen LogP) is 5.58. The SMILES string of the molecule is CCCCc1c(Cc2ccc(-c3ccccc3-c3nn[nH]n3)cc2)c(=O)n2n1C(C)CCC2CCCC(=O)O. The first-order valence-electron chi connectivity index (χ1n) is 14.0. The van der Waals surface area contributed by atoms with Gasteiger partial charge in [-0.15, -0.1) is 10.2 Å². The summed E-state index contributed by atoms with van der Waals surface area (Å²) in [6, 6.07) is 16.6.